The highest BCUT2D eigenvalue weighted by atomic mass is 16.5. The maximum atomic E-state index is 12.7. The van der Waals surface area contributed by atoms with Crippen LogP contribution in [0.5, 0.6) is 11.5 Å². The van der Waals surface area contributed by atoms with Crippen LogP contribution in [-0.4, -0.2) is 25.8 Å². The SMILES string of the molecule is CCOc1cc(C)c(C=NNC(=O)c2cc3ccccc3cc2OC)cc1C(C)C. The van der Waals surface area contributed by atoms with E-state index in [9.17, 15) is 4.79 Å². The third kappa shape index (κ3) is 4.62. The van der Waals surface area contributed by atoms with Gasteiger partial charge in [0.25, 0.3) is 5.91 Å². The highest BCUT2D eigenvalue weighted by Crippen LogP contribution is 2.29. The Kier molecular flexibility index (Phi) is 6.72. The molecule has 3 aromatic carbocycles. The van der Waals surface area contributed by atoms with Gasteiger partial charge in [-0.25, -0.2) is 5.43 Å². The Morgan fingerprint density at radius 1 is 1.10 bits per heavy atom. The predicted octanol–water partition coefficient (Wildman–Crippen LogP) is 5.44. The van der Waals surface area contributed by atoms with Gasteiger partial charge >= 0.3 is 0 Å². The molecule has 3 aromatic rings. The lowest BCUT2D eigenvalue weighted by Gasteiger charge is -2.15. The molecule has 0 aliphatic heterocycles. The number of hydrazone groups is 1. The first-order chi connectivity index (χ1) is 14.4. The Bertz CT molecular complexity index is 1090. The number of nitrogens with zero attached hydrogens (tertiary/aromatic N) is 1. The highest BCUT2D eigenvalue weighted by Gasteiger charge is 2.14. The molecule has 0 radical (unpaired) electrons. The van der Waals surface area contributed by atoms with Crippen molar-refractivity contribution in [3.63, 3.8) is 0 Å². The summed E-state index contributed by atoms with van der Waals surface area (Å²) in [6, 6.07) is 15.6. The third-order valence-corrected chi connectivity index (χ3v) is 5.00. The fourth-order valence-electron chi connectivity index (χ4n) is 3.37. The quantitative estimate of drug-likeness (QED) is 0.421. The standard InChI is InChI=1S/C25H28N2O3/c1-6-30-24-11-17(4)20(13-21(24)16(2)3)15-26-27-25(28)22-12-18-9-7-8-10-19(18)14-23(22)29-5/h7-16H,6H2,1-5H3,(H,27,28). The van der Waals surface area contributed by atoms with Gasteiger partial charge in [-0.1, -0.05) is 38.1 Å². The van der Waals surface area contributed by atoms with Crippen LogP contribution in [0.2, 0.25) is 0 Å². The average Bonchev–Trinajstić information content (AvgIpc) is 2.74. The van der Waals surface area contributed by atoms with Crippen LogP contribution >= 0.6 is 0 Å². The number of carbonyl (C=O) groups is 1. The molecular formula is C25H28N2O3. The molecule has 0 heterocycles. The lowest BCUT2D eigenvalue weighted by Crippen LogP contribution is -2.18. The van der Waals surface area contributed by atoms with Crippen LogP contribution in [0.25, 0.3) is 10.8 Å². The molecule has 0 unspecified atom stereocenters. The zero-order valence-corrected chi connectivity index (χ0v) is 18.2. The number of aryl methyl sites for hydroxylation is 1. The number of fused-ring (bicyclic) bond motifs is 1. The van der Waals surface area contributed by atoms with Crippen LogP contribution in [0.15, 0.2) is 53.6 Å². The van der Waals surface area contributed by atoms with Crippen LogP contribution in [0.3, 0.4) is 0 Å². The van der Waals surface area contributed by atoms with Gasteiger partial charge < -0.3 is 9.47 Å². The first kappa shape index (κ1) is 21.4. The summed E-state index contributed by atoms with van der Waals surface area (Å²) in [6.07, 6.45) is 1.67. The van der Waals surface area contributed by atoms with E-state index in [0.717, 1.165) is 33.2 Å². The fraction of sp³-hybridized carbons (Fsp3) is 0.280. The van der Waals surface area contributed by atoms with E-state index >= 15 is 0 Å². The van der Waals surface area contributed by atoms with Crippen molar-refractivity contribution in [2.24, 2.45) is 5.10 Å². The molecular weight excluding hydrogens is 376 g/mol. The molecule has 30 heavy (non-hydrogen) atoms. The smallest absolute Gasteiger partial charge is 0.275 e. The van der Waals surface area contributed by atoms with Crippen LogP contribution in [0.4, 0.5) is 0 Å². The van der Waals surface area contributed by atoms with Gasteiger partial charge in [0.2, 0.25) is 0 Å². The summed E-state index contributed by atoms with van der Waals surface area (Å²) in [7, 11) is 1.56. The molecule has 0 saturated carbocycles. The summed E-state index contributed by atoms with van der Waals surface area (Å²) in [5.74, 6) is 1.41. The summed E-state index contributed by atoms with van der Waals surface area (Å²) < 4.78 is 11.2. The van der Waals surface area contributed by atoms with E-state index in [2.05, 4.69) is 30.4 Å². The van der Waals surface area contributed by atoms with Crippen molar-refractivity contribution >= 4 is 22.9 Å². The maximum absolute atomic E-state index is 12.7. The van der Waals surface area contributed by atoms with E-state index in [1.807, 2.05) is 56.3 Å². The van der Waals surface area contributed by atoms with Crippen molar-refractivity contribution < 1.29 is 14.3 Å². The molecule has 3 rings (SSSR count). The number of hydrogen-bond acceptors (Lipinski definition) is 4. The van der Waals surface area contributed by atoms with Crippen LogP contribution in [0.1, 0.15) is 53.7 Å². The molecule has 5 nitrogen and oxygen atoms in total. The number of ether oxygens (including phenoxy) is 2. The highest BCUT2D eigenvalue weighted by molar-refractivity contribution is 6.02. The lowest BCUT2D eigenvalue weighted by molar-refractivity contribution is 0.0952. The molecule has 1 amide bonds. The third-order valence-electron chi connectivity index (χ3n) is 5.00. The fourth-order valence-corrected chi connectivity index (χ4v) is 3.37. The Morgan fingerprint density at radius 2 is 1.80 bits per heavy atom. The van der Waals surface area contributed by atoms with Crippen molar-refractivity contribution in [1.82, 2.24) is 5.43 Å². The Labute approximate surface area is 177 Å². The van der Waals surface area contributed by atoms with E-state index in [1.54, 1.807) is 13.3 Å². The topological polar surface area (TPSA) is 59.9 Å². The molecule has 0 aliphatic rings. The summed E-state index contributed by atoms with van der Waals surface area (Å²) in [5.41, 5.74) is 6.15. The molecule has 156 valence electrons. The molecule has 1 N–H and O–H groups in total. The van der Waals surface area contributed by atoms with Crippen molar-refractivity contribution in [2.45, 2.75) is 33.6 Å². The van der Waals surface area contributed by atoms with E-state index in [-0.39, 0.29) is 5.91 Å². The summed E-state index contributed by atoms with van der Waals surface area (Å²) in [5, 5.41) is 6.17. The van der Waals surface area contributed by atoms with E-state index in [1.165, 1.54) is 0 Å². The zero-order chi connectivity index (χ0) is 21.7. The number of benzene rings is 3. The molecule has 0 bridgehead atoms. The first-order valence-corrected chi connectivity index (χ1v) is 10.1. The number of hydrogen-bond donors (Lipinski definition) is 1. The van der Waals surface area contributed by atoms with Crippen LogP contribution in [0, 0.1) is 6.92 Å². The Hall–Kier alpha value is -3.34. The van der Waals surface area contributed by atoms with Gasteiger partial charge in [0.1, 0.15) is 11.5 Å². The van der Waals surface area contributed by atoms with E-state index in [4.69, 9.17) is 9.47 Å². The molecule has 0 saturated heterocycles. The second-order valence-corrected chi connectivity index (χ2v) is 7.43. The zero-order valence-electron chi connectivity index (χ0n) is 18.2. The van der Waals surface area contributed by atoms with E-state index < -0.39 is 0 Å². The predicted molar refractivity (Wildman–Crippen MR) is 122 cm³/mol. The van der Waals surface area contributed by atoms with E-state index in [0.29, 0.717) is 23.8 Å². The molecule has 0 fully saturated rings. The van der Waals surface area contributed by atoms with Crippen molar-refractivity contribution in [1.29, 1.82) is 0 Å². The van der Waals surface area contributed by atoms with Crippen LogP contribution < -0.4 is 14.9 Å². The minimum atomic E-state index is -0.318. The molecule has 0 spiro atoms. The number of nitrogens with one attached hydrogen (secondary N) is 1. The number of carbonyl (C=O) groups excluding carboxylic acids is 1. The van der Waals surface area contributed by atoms with Crippen molar-refractivity contribution in [2.75, 3.05) is 13.7 Å². The van der Waals surface area contributed by atoms with Gasteiger partial charge in [-0.15, -0.1) is 0 Å². The second kappa shape index (κ2) is 9.44. The molecule has 0 atom stereocenters. The van der Waals surface area contributed by atoms with Gasteiger partial charge in [0, 0.05) is 0 Å². The maximum Gasteiger partial charge on any atom is 0.275 e. The summed E-state index contributed by atoms with van der Waals surface area (Å²) in [4.78, 5) is 12.7. The van der Waals surface area contributed by atoms with Gasteiger partial charge in [0.15, 0.2) is 0 Å². The number of rotatable bonds is 7. The molecule has 0 aromatic heterocycles. The summed E-state index contributed by atoms with van der Waals surface area (Å²) in [6.45, 7) is 8.85. The molecule has 0 aliphatic carbocycles. The lowest BCUT2D eigenvalue weighted by atomic mass is 9.97. The molecule has 5 heteroatoms. The minimum absolute atomic E-state index is 0.316. The van der Waals surface area contributed by atoms with Gasteiger partial charge in [-0.3, -0.25) is 4.79 Å². The largest absolute Gasteiger partial charge is 0.496 e. The Balaban J connectivity index is 1.84. The van der Waals surface area contributed by atoms with Crippen molar-refractivity contribution in [3.05, 3.63) is 70.8 Å². The average molecular weight is 405 g/mol. The van der Waals surface area contributed by atoms with Gasteiger partial charge in [-0.05, 0) is 71.5 Å². The normalized spacial score (nSPS) is 11.3. The van der Waals surface area contributed by atoms with Crippen LogP contribution in [-0.2, 0) is 0 Å². The number of amides is 1. The number of methoxy groups -OCH3 is 1. The van der Waals surface area contributed by atoms with Gasteiger partial charge in [-0.2, -0.15) is 5.10 Å². The first-order valence-electron chi connectivity index (χ1n) is 10.1. The van der Waals surface area contributed by atoms with Gasteiger partial charge in [0.05, 0.1) is 25.5 Å². The Morgan fingerprint density at radius 3 is 2.43 bits per heavy atom. The summed E-state index contributed by atoms with van der Waals surface area (Å²) >= 11 is 0. The van der Waals surface area contributed by atoms with Crippen molar-refractivity contribution in [3.8, 4) is 11.5 Å². The monoisotopic (exact) mass is 404 g/mol. The minimum Gasteiger partial charge on any atom is -0.496 e. The second-order valence-electron chi connectivity index (χ2n) is 7.43.